The largest absolute Gasteiger partial charge is 0.298 e. The number of nitrogens with zero attached hydrogens (tertiary/aromatic N) is 2. The number of hydrogen-bond donors (Lipinski definition) is 0. The molecular weight excluding hydrogens is 335 g/mol. The Kier molecular flexibility index (Phi) is 3.66. The summed E-state index contributed by atoms with van der Waals surface area (Å²) >= 11 is 3.40. The van der Waals surface area contributed by atoms with Gasteiger partial charge in [0.15, 0.2) is 6.29 Å². The standard InChI is InChI=1S/C16H10BrFN2O/c17-13-2-1-3-15(8-13)20-9-12(10-21)16(19-20)11-4-6-14(18)7-5-11/h1-10H. The van der Waals surface area contributed by atoms with Crippen molar-refractivity contribution >= 4 is 22.2 Å². The minimum Gasteiger partial charge on any atom is -0.298 e. The Morgan fingerprint density at radius 2 is 1.90 bits per heavy atom. The average molecular weight is 345 g/mol. The molecule has 1 heterocycles. The minimum absolute atomic E-state index is 0.321. The molecule has 0 bridgehead atoms. The van der Waals surface area contributed by atoms with Crippen LogP contribution in [-0.2, 0) is 0 Å². The molecule has 0 N–H and O–H groups in total. The lowest BCUT2D eigenvalue weighted by Gasteiger charge is -2.01. The van der Waals surface area contributed by atoms with Gasteiger partial charge in [0.2, 0.25) is 0 Å². The number of benzene rings is 2. The normalized spacial score (nSPS) is 10.6. The van der Waals surface area contributed by atoms with Crippen LogP contribution < -0.4 is 0 Å². The first-order valence-electron chi connectivity index (χ1n) is 6.24. The first-order valence-corrected chi connectivity index (χ1v) is 7.03. The van der Waals surface area contributed by atoms with Crippen molar-refractivity contribution in [2.45, 2.75) is 0 Å². The molecule has 0 aliphatic heterocycles. The van der Waals surface area contributed by atoms with Gasteiger partial charge in [-0.15, -0.1) is 0 Å². The van der Waals surface area contributed by atoms with Crippen LogP contribution in [0.4, 0.5) is 4.39 Å². The highest BCUT2D eigenvalue weighted by Gasteiger charge is 2.12. The molecule has 3 nitrogen and oxygen atoms in total. The molecule has 0 fully saturated rings. The molecule has 3 rings (SSSR count). The zero-order valence-corrected chi connectivity index (χ0v) is 12.4. The van der Waals surface area contributed by atoms with Gasteiger partial charge in [0.1, 0.15) is 11.5 Å². The van der Waals surface area contributed by atoms with Crippen molar-refractivity contribution in [2.75, 3.05) is 0 Å². The van der Waals surface area contributed by atoms with E-state index in [0.29, 0.717) is 16.8 Å². The second-order valence-corrected chi connectivity index (χ2v) is 5.40. The fourth-order valence-corrected chi connectivity index (χ4v) is 2.44. The lowest BCUT2D eigenvalue weighted by atomic mass is 10.1. The molecular formula is C16H10BrFN2O. The molecule has 2 aromatic carbocycles. The summed E-state index contributed by atoms with van der Waals surface area (Å²) in [5, 5.41) is 4.43. The minimum atomic E-state index is -0.321. The summed E-state index contributed by atoms with van der Waals surface area (Å²) < 4.78 is 15.6. The van der Waals surface area contributed by atoms with Crippen LogP contribution in [0.25, 0.3) is 16.9 Å². The van der Waals surface area contributed by atoms with E-state index >= 15 is 0 Å². The van der Waals surface area contributed by atoms with E-state index in [1.165, 1.54) is 12.1 Å². The number of carbonyl (C=O) groups excluding carboxylic acids is 1. The molecule has 104 valence electrons. The number of carbonyl (C=O) groups is 1. The van der Waals surface area contributed by atoms with E-state index in [-0.39, 0.29) is 5.82 Å². The van der Waals surface area contributed by atoms with Crippen molar-refractivity contribution in [1.29, 1.82) is 0 Å². The maximum Gasteiger partial charge on any atom is 0.153 e. The van der Waals surface area contributed by atoms with Crippen LogP contribution in [0.3, 0.4) is 0 Å². The van der Waals surface area contributed by atoms with E-state index in [9.17, 15) is 9.18 Å². The van der Waals surface area contributed by atoms with E-state index in [1.54, 1.807) is 23.0 Å². The predicted molar refractivity (Wildman–Crippen MR) is 82.0 cm³/mol. The Hall–Kier alpha value is -2.27. The molecule has 0 atom stereocenters. The Labute approximate surface area is 129 Å². The highest BCUT2D eigenvalue weighted by molar-refractivity contribution is 9.10. The van der Waals surface area contributed by atoms with Crippen LogP contribution in [0.15, 0.2) is 59.2 Å². The van der Waals surface area contributed by atoms with E-state index < -0.39 is 0 Å². The molecule has 3 aromatic rings. The van der Waals surface area contributed by atoms with Gasteiger partial charge >= 0.3 is 0 Å². The van der Waals surface area contributed by atoms with E-state index in [4.69, 9.17) is 0 Å². The molecule has 0 spiro atoms. The molecule has 21 heavy (non-hydrogen) atoms. The van der Waals surface area contributed by atoms with E-state index in [1.807, 2.05) is 24.3 Å². The number of rotatable bonds is 3. The molecule has 0 amide bonds. The van der Waals surface area contributed by atoms with Gasteiger partial charge in [-0.1, -0.05) is 22.0 Å². The van der Waals surface area contributed by atoms with Gasteiger partial charge in [-0.25, -0.2) is 9.07 Å². The average Bonchev–Trinajstić information content (AvgIpc) is 2.92. The zero-order chi connectivity index (χ0) is 14.8. The number of hydrogen-bond acceptors (Lipinski definition) is 2. The molecule has 0 aliphatic rings. The summed E-state index contributed by atoms with van der Waals surface area (Å²) in [4.78, 5) is 11.2. The van der Waals surface area contributed by atoms with Crippen molar-refractivity contribution in [1.82, 2.24) is 9.78 Å². The molecule has 0 saturated heterocycles. The molecule has 0 radical (unpaired) electrons. The van der Waals surface area contributed by atoms with Gasteiger partial charge in [0.25, 0.3) is 0 Å². The molecule has 0 saturated carbocycles. The van der Waals surface area contributed by atoms with Gasteiger partial charge in [0, 0.05) is 16.2 Å². The maximum atomic E-state index is 13.0. The zero-order valence-electron chi connectivity index (χ0n) is 10.8. The summed E-state index contributed by atoms with van der Waals surface area (Å²) in [5.41, 5.74) is 2.53. The Morgan fingerprint density at radius 1 is 1.14 bits per heavy atom. The van der Waals surface area contributed by atoms with Crippen molar-refractivity contribution in [3.8, 4) is 16.9 Å². The monoisotopic (exact) mass is 344 g/mol. The fraction of sp³-hybridized carbons (Fsp3) is 0. The number of aldehydes is 1. The van der Waals surface area contributed by atoms with E-state index in [2.05, 4.69) is 21.0 Å². The van der Waals surface area contributed by atoms with Crippen LogP contribution in [-0.4, -0.2) is 16.1 Å². The molecule has 5 heteroatoms. The Morgan fingerprint density at radius 3 is 2.57 bits per heavy atom. The summed E-state index contributed by atoms with van der Waals surface area (Å²) in [6, 6.07) is 13.5. The molecule has 1 aromatic heterocycles. The summed E-state index contributed by atoms with van der Waals surface area (Å²) in [5.74, 6) is -0.321. The topological polar surface area (TPSA) is 34.9 Å². The van der Waals surface area contributed by atoms with Crippen molar-refractivity contribution in [3.63, 3.8) is 0 Å². The first-order chi connectivity index (χ1) is 10.2. The second-order valence-electron chi connectivity index (χ2n) is 4.48. The third kappa shape index (κ3) is 2.78. The Bertz CT molecular complexity index is 796. The van der Waals surface area contributed by atoms with Gasteiger partial charge < -0.3 is 0 Å². The summed E-state index contributed by atoms with van der Waals surface area (Å²) in [7, 11) is 0. The number of aromatic nitrogens is 2. The lowest BCUT2D eigenvalue weighted by molar-refractivity contribution is 0.112. The van der Waals surface area contributed by atoms with Crippen LogP contribution >= 0.6 is 15.9 Å². The Balaban J connectivity index is 2.10. The molecule has 0 unspecified atom stereocenters. The third-order valence-corrected chi connectivity index (χ3v) is 3.55. The van der Waals surface area contributed by atoms with Crippen molar-refractivity contribution in [2.24, 2.45) is 0 Å². The van der Waals surface area contributed by atoms with E-state index in [0.717, 1.165) is 16.4 Å². The quantitative estimate of drug-likeness (QED) is 0.665. The lowest BCUT2D eigenvalue weighted by Crippen LogP contribution is -1.94. The van der Waals surface area contributed by atoms with Gasteiger partial charge in [-0.05, 0) is 42.5 Å². The van der Waals surface area contributed by atoms with Crippen LogP contribution in [0.5, 0.6) is 0 Å². The highest BCUT2D eigenvalue weighted by atomic mass is 79.9. The van der Waals surface area contributed by atoms with Gasteiger partial charge in [-0.2, -0.15) is 5.10 Å². The maximum absolute atomic E-state index is 13.0. The fourth-order valence-electron chi connectivity index (χ4n) is 2.06. The highest BCUT2D eigenvalue weighted by Crippen LogP contribution is 2.23. The van der Waals surface area contributed by atoms with Crippen molar-refractivity contribution < 1.29 is 9.18 Å². The van der Waals surface area contributed by atoms with Crippen molar-refractivity contribution in [3.05, 3.63) is 70.6 Å². The first kappa shape index (κ1) is 13.7. The second kappa shape index (κ2) is 5.61. The smallest absolute Gasteiger partial charge is 0.153 e. The van der Waals surface area contributed by atoms with Crippen LogP contribution in [0.1, 0.15) is 10.4 Å². The third-order valence-electron chi connectivity index (χ3n) is 3.06. The SMILES string of the molecule is O=Cc1cn(-c2cccc(Br)c2)nc1-c1ccc(F)cc1. The number of halogens is 2. The van der Waals surface area contributed by atoms with Crippen LogP contribution in [0, 0.1) is 5.82 Å². The molecule has 0 aliphatic carbocycles. The van der Waals surface area contributed by atoms with Gasteiger partial charge in [0.05, 0.1) is 11.3 Å². The van der Waals surface area contributed by atoms with Crippen LogP contribution in [0.2, 0.25) is 0 Å². The predicted octanol–water partition coefficient (Wildman–Crippen LogP) is 4.25. The summed E-state index contributed by atoms with van der Waals surface area (Å²) in [6.07, 6.45) is 2.41. The summed E-state index contributed by atoms with van der Waals surface area (Å²) in [6.45, 7) is 0. The van der Waals surface area contributed by atoms with Gasteiger partial charge in [-0.3, -0.25) is 4.79 Å².